The summed E-state index contributed by atoms with van der Waals surface area (Å²) in [6, 6.07) is 13.6. The van der Waals surface area contributed by atoms with E-state index >= 15 is 0 Å². The van der Waals surface area contributed by atoms with Gasteiger partial charge in [0.25, 0.3) is 0 Å². The van der Waals surface area contributed by atoms with Crippen molar-refractivity contribution in [2.45, 2.75) is 12.4 Å². The van der Waals surface area contributed by atoms with Gasteiger partial charge in [0.1, 0.15) is 5.75 Å². The van der Waals surface area contributed by atoms with E-state index in [9.17, 15) is 13.2 Å². The maximum Gasteiger partial charge on any atom is 0.573 e. The maximum atomic E-state index is 12.3. The number of rotatable bonds is 4. The van der Waals surface area contributed by atoms with Crippen molar-refractivity contribution < 1.29 is 17.9 Å². The van der Waals surface area contributed by atoms with Crippen LogP contribution in [0.2, 0.25) is 5.02 Å². The van der Waals surface area contributed by atoms with Gasteiger partial charge in [-0.05, 0) is 35.4 Å². The van der Waals surface area contributed by atoms with Gasteiger partial charge in [0.2, 0.25) is 0 Å². The molecule has 0 amide bonds. The van der Waals surface area contributed by atoms with Gasteiger partial charge in [0, 0.05) is 31.2 Å². The van der Waals surface area contributed by atoms with Crippen LogP contribution in [0.25, 0.3) is 0 Å². The van der Waals surface area contributed by atoms with Crippen molar-refractivity contribution >= 4 is 36.4 Å². The molecule has 0 radical (unpaired) electrons. The number of ether oxygens (including phenoxy) is 1. The number of hydrogen-bond donors (Lipinski definition) is 1. The molecule has 0 unspecified atom stereocenters. The Morgan fingerprint density at radius 2 is 1.59 bits per heavy atom. The molecule has 0 aromatic heterocycles. The number of halogens is 6. The fourth-order valence-corrected chi connectivity index (χ4v) is 3.28. The predicted molar refractivity (Wildman–Crippen MR) is 105 cm³/mol. The van der Waals surface area contributed by atoms with Gasteiger partial charge in [0.15, 0.2) is 0 Å². The number of nitrogens with zero attached hydrogens (tertiary/aromatic N) is 1. The van der Waals surface area contributed by atoms with E-state index in [1.54, 1.807) is 18.2 Å². The number of nitrogens with one attached hydrogen (secondary N) is 1. The molecule has 1 aliphatic heterocycles. The Bertz CT molecular complexity index is 708. The summed E-state index contributed by atoms with van der Waals surface area (Å²) in [6.45, 7) is 3.43. The van der Waals surface area contributed by atoms with Gasteiger partial charge >= 0.3 is 6.36 Å². The summed E-state index contributed by atoms with van der Waals surface area (Å²) in [5.41, 5.74) is 1.91. The van der Waals surface area contributed by atoms with Crippen LogP contribution in [0.4, 0.5) is 13.2 Å². The molecule has 1 heterocycles. The number of alkyl halides is 3. The summed E-state index contributed by atoms with van der Waals surface area (Å²) in [6.07, 6.45) is -4.69. The van der Waals surface area contributed by atoms with Gasteiger partial charge in [-0.25, -0.2) is 0 Å². The molecule has 2 aromatic carbocycles. The fraction of sp³-hybridized carbons (Fsp3) is 0.333. The van der Waals surface area contributed by atoms with Crippen LogP contribution in [0.15, 0.2) is 48.5 Å². The van der Waals surface area contributed by atoms with Crippen molar-refractivity contribution in [3.05, 3.63) is 64.7 Å². The molecule has 1 aliphatic rings. The van der Waals surface area contributed by atoms with Gasteiger partial charge in [-0.1, -0.05) is 35.9 Å². The summed E-state index contributed by atoms with van der Waals surface area (Å²) >= 11 is 6.14. The van der Waals surface area contributed by atoms with Crippen molar-refractivity contribution in [1.29, 1.82) is 0 Å². The molecule has 9 heteroatoms. The van der Waals surface area contributed by atoms with Crippen LogP contribution in [-0.4, -0.2) is 37.4 Å². The molecule has 2 aromatic rings. The van der Waals surface area contributed by atoms with Gasteiger partial charge in [-0.15, -0.1) is 38.0 Å². The fourth-order valence-electron chi connectivity index (χ4n) is 3.08. The normalized spacial score (nSPS) is 16.0. The van der Waals surface area contributed by atoms with Crippen LogP contribution in [0.5, 0.6) is 5.75 Å². The van der Waals surface area contributed by atoms with Gasteiger partial charge in [-0.3, -0.25) is 4.90 Å². The molecule has 0 aliphatic carbocycles. The Morgan fingerprint density at radius 3 is 2.15 bits per heavy atom. The van der Waals surface area contributed by atoms with Crippen LogP contribution in [0.3, 0.4) is 0 Å². The van der Waals surface area contributed by atoms with E-state index in [1.807, 2.05) is 18.2 Å². The largest absolute Gasteiger partial charge is 0.573 e. The SMILES string of the molecule is Cl.Cl.FC(F)(F)Oc1ccc([C@@H](c2cccc(Cl)c2)N2CCNCC2)cc1. The molecule has 150 valence electrons. The van der Waals surface area contributed by atoms with Crippen LogP contribution < -0.4 is 10.1 Å². The molecule has 3 nitrogen and oxygen atoms in total. The molecule has 0 saturated carbocycles. The van der Waals surface area contributed by atoms with Crippen molar-refractivity contribution in [2.75, 3.05) is 26.2 Å². The Morgan fingerprint density at radius 1 is 0.963 bits per heavy atom. The third-order valence-electron chi connectivity index (χ3n) is 4.11. The highest BCUT2D eigenvalue weighted by molar-refractivity contribution is 6.30. The molecular weight excluding hydrogens is 424 g/mol. The molecule has 1 fully saturated rings. The Balaban J connectivity index is 0.00000182. The third kappa shape index (κ3) is 6.73. The summed E-state index contributed by atoms with van der Waals surface area (Å²) in [4.78, 5) is 2.29. The van der Waals surface area contributed by atoms with Gasteiger partial charge in [-0.2, -0.15) is 0 Å². The minimum Gasteiger partial charge on any atom is -0.406 e. The Labute approximate surface area is 173 Å². The Hall–Kier alpha value is -1.18. The van der Waals surface area contributed by atoms with Crippen molar-refractivity contribution in [2.24, 2.45) is 0 Å². The molecule has 0 spiro atoms. The lowest BCUT2D eigenvalue weighted by Gasteiger charge is -2.35. The van der Waals surface area contributed by atoms with E-state index in [4.69, 9.17) is 11.6 Å². The maximum absolute atomic E-state index is 12.3. The first kappa shape index (κ1) is 23.9. The van der Waals surface area contributed by atoms with E-state index in [-0.39, 0.29) is 36.6 Å². The first-order chi connectivity index (χ1) is 11.9. The lowest BCUT2D eigenvalue weighted by atomic mass is 9.96. The molecule has 1 saturated heterocycles. The van der Waals surface area contributed by atoms with Crippen molar-refractivity contribution in [3.8, 4) is 5.75 Å². The predicted octanol–water partition coefficient (Wildman–Crippen LogP) is 5.08. The average Bonchev–Trinajstić information content (AvgIpc) is 2.56. The minimum absolute atomic E-state index is 0. The highest BCUT2D eigenvalue weighted by atomic mass is 35.5. The molecule has 1 N–H and O–H groups in total. The average molecular weight is 444 g/mol. The molecule has 1 atom stereocenters. The smallest absolute Gasteiger partial charge is 0.406 e. The Kier molecular flexibility index (Phi) is 9.18. The summed E-state index contributed by atoms with van der Waals surface area (Å²) in [5.74, 6) is -0.221. The minimum atomic E-state index is -4.69. The monoisotopic (exact) mass is 442 g/mol. The first-order valence-electron chi connectivity index (χ1n) is 7.98. The first-order valence-corrected chi connectivity index (χ1v) is 8.36. The van der Waals surface area contributed by atoms with E-state index in [1.165, 1.54) is 12.1 Å². The van der Waals surface area contributed by atoms with Crippen LogP contribution in [-0.2, 0) is 0 Å². The number of piperazine rings is 1. The second kappa shape index (κ2) is 10.4. The number of hydrogen-bond acceptors (Lipinski definition) is 3. The summed E-state index contributed by atoms with van der Waals surface area (Å²) in [7, 11) is 0. The molecule has 0 bridgehead atoms. The molecule has 3 rings (SSSR count). The zero-order valence-electron chi connectivity index (χ0n) is 14.2. The lowest BCUT2D eigenvalue weighted by molar-refractivity contribution is -0.274. The molecule has 27 heavy (non-hydrogen) atoms. The second-order valence-corrected chi connectivity index (χ2v) is 6.30. The van der Waals surface area contributed by atoms with Crippen LogP contribution in [0.1, 0.15) is 17.2 Å². The van der Waals surface area contributed by atoms with Gasteiger partial charge < -0.3 is 10.1 Å². The van der Waals surface area contributed by atoms with E-state index in [0.29, 0.717) is 5.02 Å². The van der Waals surface area contributed by atoms with E-state index in [2.05, 4.69) is 15.0 Å². The third-order valence-corrected chi connectivity index (χ3v) is 4.35. The molecular formula is C18H20Cl3F3N2O. The zero-order chi connectivity index (χ0) is 17.9. The highest BCUT2D eigenvalue weighted by Gasteiger charge is 2.31. The van der Waals surface area contributed by atoms with E-state index < -0.39 is 6.36 Å². The number of benzene rings is 2. The standard InChI is InChI=1S/C18H18ClF3N2O.2ClH/c19-15-3-1-2-14(12-15)17(24-10-8-23-9-11-24)13-4-6-16(7-5-13)25-18(20,21)22;;/h1-7,12,17,23H,8-11H2;2*1H/t17-;;/m0../s1. The quantitative estimate of drug-likeness (QED) is 0.713. The lowest BCUT2D eigenvalue weighted by Crippen LogP contribution is -2.45. The van der Waals surface area contributed by atoms with Crippen LogP contribution in [0, 0.1) is 0 Å². The zero-order valence-corrected chi connectivity index (χ0v) is 16.6. The van der Waals surface area contributed by atoms with Crippen molar-refractivity contribution in [3.63, 3.8) is 0 Å². The highest BCUT2D eigenvalue weighted by Crippen LogP contribution is 2.32. The second-order valence-electron chi connectivity index (χ2n) is 5.86. The van der Waals surface area contributed by atoms with Crippen LogP contribution >= 0.6 is 36.4 Å². The summed E-state index contributed by atoms with van der Waals surface area (Å²) < 4.78 is 41.0. The van der Waals surface area contributed by atoms with E-state index in [0.717, 1.165) is 37.3 Å². The topological polar surface area (TPSA) is 24.5 Å². The van der Waals surface area contributed by atoms with Gasteiger partial charge in [0.05, 0.1) is 6.04 Å². The van der Waals surface area contributed by atoms with Crippen molar-refractivity contribution in [1.82, 2.24) is 10.2 Å². The summed E-state index contributed by atoms with van der Waals surface area (Å²) in [5, 5.41) is 3.94.